The zero-order valence-electron chi connectivity index (χ0n) is 13.2. The molecule has 1 saturated heterocycles. The predicted octanol–water partition coefficient (Wildman–Crippen LogP) is 2.27. The molecule has 22 heavy (non-hydrogen) atoms. The number of likely N-dealkylation sites (N-methyl/N-ethyl adjacent to an activating group) is 1. The fraction of sp³-hybridized carbons (Fsp3) is 0.533. The second kappa shape index (κ2) is 6.08. The van der Waals surface area contributed by atoms with E-state index in [9.17, 15) is 4.79 Å². The first-order valence-corrected chi connectivity index (χ1v) is 8.27. The van der Waals surface area contributed by atoms with Crippen molar-refractivity contribution in [2.75, 3.05) is 39.1 Å². The lowest BCUT2D eigenvalue weighted by Crippen LogP contribution is -2.51. The van der Waals surface area contributed by atoms with Gasteiger partial charge >= 0.3 is 6.03 Å². The number of rotatable bonds is 2. The van der Waals surface area contributed by atoms with Crippen LogP contribution < -0.4 is 4.90 Å². The van der Waals surface area contributed by atoms with Gasteiger partial charge in [-0.25, -0.2) is 9.78 Å². The summed E-state index contributed by atoms with van der Waals surface area (Å²) in [5.74, 6) is 0. The average molecular weight is 319 g/mol. The molecule has 3 rings (SSSR count). The third-order valence-corrected chi connectivity index (χ3v) is 5.17. The van der Waals surface area contributed by atoms with Crippen LogP contribution >= 0.6 is 11.3 Å². The fourth-order valence-electron chi connectivity index (χ4n) is 2.82. The van der Waals surface area contributed by atoms with Crippen LogP contribution in [0.4, 0.5) is 9.93 Å². The molecular weight excluding hydrogens is 298 g/mol. The van der Waals surface area contributed by atoms with Gasteiger partial charge in [-0.15, -0.1) is 0 Å². The summed E-state index contributed by atoms with van der Waals surface area (Å²) in [6.45, 7) is 1.83. The van der Waals surface area contributed by atoms with Crippen molar-refractivity contribution in [2.45, 2.75) is 18.9 Å². The molecule has 1 fully saturated rings. The van der Waals surface area contributed by atoms with Crippen LogP contribution in [-0.4, -0.2) is 66.1 Å². The van der Waals surface area contributed by atoms with Crippen molar-refractivity contribution in [3.05, 3.63) is 18.5 Å². The molecule has 0 aliphatic carbocycles. The summed E-state index contributed by atoms with van der Waals surface area (Å²) in [5, 5.41) is 1.03. The van der Waals surface area contributed by atoms with Gasteiger partial charge in [-0.05, 0) is 18.9 Å². The molecule has 0 spiro atoms. The molecule has 0 N–H and O–H groups in total. The molecule has 0 radical (unpaired) electrons. The SMILES string of the molecule is CN(C)C(=O)N(C)C1CCCN(c2nc3cnccc3s2)C1. The lowest BCUT2D eigenvalue weighted by atomic mass is 10.1. The Balaban J connectivity index is 1.76. The number of amides is 2. The van der Waals surface area contributed by atoms with Crippen molar-refractivity contribution in [3.8, 4) is 0 Å². The maximum Gasteiger partial charge on any atom is 0.319 e. The van der Waals surface area contributed by atoms with Gasteiger partial charge in [0.15, 0.2) is 5.13 Å². The van der Waals surface area contributed by atoms with Crippen LogP contribution in [-0.2, 0) is 0 Å². The highest BCUT2D eigenvalue weighted by molar-refractivity contribution is 7.22. The third-order valence-electron chi connectivity index (χ3n) is 4.08. The van der Waals surface area contributed by atoms with E-state index in [0.717, 1.165) is 41.3 Å². The van der Waals surface area contributed by atoms with Crippen LogP contribution in [0.25, 0.3) is 10.2 Å². The number of carbonyl (C=O) groups excluding carboxylic acids is 1. The molecule has 0 bridgehead atoms. The van der Waals surface area contributed by atoms with E-state index >= 15 is 0 Å². The van der Waals surface area contributed by atoms with Crippen molar-refractivity contribution in [3.63, 3.8) is 0 Å². The Morgan fingerprint density at radius 1 is 1.41 bits per heavy atom. The molecule has 0 saturated carbocycles. The lowest BCUT2D eigenvalue weighted by Gasteiger charge is -2.38. The Morgan fingerprint density at radius 3 is 2.95 bits per heavy atom. The van der Waals surface area contributed by atoms with Crippen LogP contribution in [0.3, 0.4) is 0 Å². The number of hydrogen-bond donors (Lipinski definition) is 0. The van der Waals surface area contributed by atoms with Crippen LogP contribution in [0.5, 0.6) is 0 Å². The molecule has 1 atom stereocenters. The first-order valence-electron chi connectivity index (χ1n) is 7.46. The summed E-state index contributed by atoms with van der Waals surface area (Å²) in [6, 6.07) is 2.29. The van der Waals surface area contributed by atoms with Crippen molar-refractivity contribution in [1.29, 1.82) is 0 Å². The topological polar surface area (TPSA) is 52.6 Å². The Morgan fingerprint density at radius 2 is 2.23 bits per heavy atom. The number of pyridine rings is 1. The maximum atomic E-state index is 12.1. The van der Waals surface area contributed by atoms with E-state index < -0.39 is 0 Å². The maximum absolute atomic E-state index is 12.1. The van der Waals surface area contributed by atoms with Gasteiger partial charge in [0.1, 0.15) is 5.52 Å². The van der Waals surface area contributed by atoms with Crippen LogP contribution in [0, 0.1) is 0 Å². The Hall–Kier alpha value is -1.89. The standard InChI is InChI=1S/C15H21N5OS/c1-18(2)15(21)19(3)11-5-4-8-20(10-11)14-17-12-9-16-7-6-13(12)22-14/h6-7,9,11H,4-5,8,10H2,1-3H3. The van der Waals surface area contributed by atoms with E-state index in [0.29, 0.717) is 0 Å². The minimum Gasteiger partial charge on any atom is -0.346 e. The van der Waals surface area contributed by atoms with E-state index in [-0.39, 0.29) is 12.1 Å². The molecule has 3 heterocycles. The summed E-state index contributed by atoms with van der Waals surface area (Å²) in [4.78, 5) is 26.7. The van der Waals surface area contributed by atoms with Gasteiger partial charge in [0.05, 0.1) is 16.9 Å². The Bertz CT molecular complexity index is 638. The van der Waals surface area contributed by atoms with Gasteiger partial charge < -0.3 is 14.7 Å². The third kappa shape index (κ3) is 2.85. The molecule has 7 heteroatoms. The number of anilines is 1. The summed E-state index contributed by atoms with van der Waals surface area (Å²) in [5.41, 5.74) is 0.947. The highest BCUT2D eigenvalue weighted by Gasteiger charge is 2.28. The van der Waals surface area contributed by atoms with Crippen LogP contribution in [0.1, 0.15) is 12.8 Å². The van der Waals surface area contributed by atoms with Crippen molar-refractivity contribution < 1.29 is 4.79 Å². The minimum atomic E-state index is 0.0559. The number of urea groups is 1. The van der Waals surface area contributed by atoms with Crippen LogP contribution in [0.15, 0.2) is 18.5 Å². The van der Waals surface area contributed by atoms with E-state index in [1.807, 2.05) is 18.0 Å². The van der Waals surface area contributed by atoms with Gasteiger partial charge in [0.2, 0.25) is 0 Å². The minimum absolute atomic E-state index is 0.0559. The normalized spacial score (nSPS) is 18.5. The predicted molar refractivity (Wildman–Crippen MR) is 89.5 cm³/mol. The number of nitrogens with zero attached hydrogens (tertiary/aromatic N) is 5. The van der Waals surface area contributed by atoms with Gasteiger partial charge in [-0.2, -0.15) is 0 Å². The zero-order chi connectivity index (χ0) is 15.7. The molecule has 6 nitrogen and oxygen atoms in total. The largest absolute Gasteiger partial charge is 0.346 e. The number of aromatic nitrogens is 2. The second-order valence-electron chi connectivity index (χ2n) is 5.87. The molecule has 1 aliphatic rings. The summed E-state index contributed by atoms with van der Waals surface area (Å²) < 4.78 is 1.16. The van der Waals surface area contributed by atoms with E-state index in [1.165, 1.54) is 0 Å². The van der Waals surface area contributed by atoms with E-state index in [2.05, 4.69) is 14.9 Å². The summed E-state index contributed by atoms with van der Waals surface area (Å²) in [6.07, 6.45) is 5.72. The molecule has 0 aromatic carbocycles. The second-order valence-corrected chi connectivity index (χ2v) is 6.88. The molecule has 1 unspecified atom stereocenters. The number of hydrogen-bond acceptors (Lipinski definition) is 5. The van der Waals surface area contributed by atoms with Gasteiger partial charge in [0, 0.05) is 40.4 Å². The highest BCUT2D eigenvalue weighted by atomic mass is 32.1. The van der Waals surface area contributed by atoms with Gasteiger partial charge in [-0.3, -0.25) is 4.98 Å². The lowest BCUT2D eigenvalue weighted by molar-refractivity contribution is 0.157. The number of fused-ring (bicyclic) bond motifs is 1. The molecule has 2 aromatic heterocycles. The quantitative estimate of drug-likeness (QED) is 0.852. The molecular formula is C15H21N5OS. The monoisotopic (exact) mass is 319 g/mol. The number of thiazole rings is 1. The Kier molecular flexibility index (Phi) is 4.15. The smallest absolute Gasteiger partial charge is 0.319 e. The highest BCUT2D eigenvalue weighted by Crippen LogP contribution is 2.30. The first kappa shape index (κ1) is 15.0. The van der Waals surface area contributed by atoms with Crippen molar-refractivity contribution in [1.82, 2.24) is 19.8 Å². The van der Waals surface area contributed by atoms with E-state index in [4.69, 9.17) is 0 Å². The van der Waals surface area contributed by atoms with Gasteiger partial charge in [0.25, 0.3) is 0 Å². The summed E-state index contributed by atoms with van der Waals surface area (Å²) in [7, 11) is 5.47. The Labute approximate surface area is 134 Å². The fourth-order valence-corrected chi connectivity index (χ4v) is 3.79. The first-order chi connectivity index (χ1) is 10.6. The van der Waals surface area contributed by atoms with Crippen molar-refractivity contribution >= 4 is 32.7 Å². The molecule has 118 valence electrons. The van der Waals surface area contributed by atoms with E-state index in [1.54, 1.807) is 42.7 Å². The van der Waals surface area contributed by atoms with Gasteiger partial charge in [-0.1, -0.05) is 11.3 Å². The van der Waals surface area contributed by atoms with Crippen LogP contribution in [0.2, 0.25) is 0 Å². The average Bonchev–Trinajstić information content (AvgIpc) is 2.97. The molecule has 2 amide bonds. The molecule has 1 aliphatic heterocycles. The number of carbonyl (C=O) groups is 1. The number of piperidine rings is 1. The zero-order valence-corrected chi connectivity index (χ0v) is 14.0. The molecule has 2 aromatic rings. The van der Waals surface area contributed by atoms with Crippen molar-refractivity contribution in [2.24, 2.45) is 0 Å². The summed E-state index contributed by atoms with van der Waals surface area (Å²) >= 11 is 1.69.